The van der Waals surface area contributed by atoms with Crippen molar-refractivity contribution in [2.45, 2.75) is 68.7 Å². The fraction of sp³-hybridized carbons (Fsp3) is 0.303. The lowest BCUT2D eigenvalue weighted by molar-refractivity contribution is 0.0635. The second-order valence-electron chi connectivity index (χ2n) is 13.0. The average Bonchev–Trinajstić information content (AvgIpc) is 3.45. The lowest BCUT2D eigenvalue weighted by atomic mass is 10.0. The van der Waals surface area contributed by atoms with Gasteiger partial charge < -0.3 is 14.8 Å². The van der Waals surface area contributed by atoms with Gasteiger partial charge in [0.05, 0.1) is 28.8 Å². The molecule has 0 aliphatic rings. The third-order valence-corrected chi connectivity index (χ3v) is 10.3. The number of ether oxygens (including phenoxy) is 2. The van der Waals surface area contributed by atoms with Gasteiger partial charge in [-0.05, 0) is 86.5 Å². The van der Waals surface area contributed by atoms with Crippen LogP contribution in [0.3, 0.4) is 0 Å². The highest BCUT2D eigenvalue weighted by atomic mass is 32.2. The number of anilines is 2. The fourth-order valence-corrected chi connectivity index (χ4v) is 6.45. The van der Waals surface area contributed by atoms with Crippen molar-refractivity contribution >= 4 is 41.2 Å². The molecule has 0 saturated carbocycles. The molecule has 0 fully saturated rings. The van der Waals surface area contributed by atoms with E-state index in [1.807, 2.05) is 0 Å². The Labute approximate surface area is 270 Å². The number of rotatable bonds is 11. The minimum absolute atomic E-state index is 0.132. The third-order valence-electron chi connectivity index (χ3n) is 6.72. The Balaban J connectivity index is 1.54. The Hall–Kier alpha value is -4.33. The lowest BCUT2D eigenvalue weighted by Gasteiger charge is -2.21. The molecule has 13 heteroatoms. The zero-order valence-corrected chi connectivity index (χ0v) is 28.7. The Morgan fingerprint density at radius 3 is 2.24 bits per heavy atom. The van der Waals surface area contributed by atoms with Crippen molar-refractivity contribution in [3.63, 3.8) is 0 Å². The molecule has 1 heterocycles. The second-order valence-corrected chi connectivity index (χ2v) is 20.6. The Kier molecular flexibility index (Phi) is 10.5. The number of carbonyl (C=O) groups excluding carboxylic acids is 2. The van der Waals surface area contributed by atoms with Gasteiger partial charge in [0.15, 0.2) is 0 Å². The molecule has 3 aromatic carbocycles. The third kappa shape index (κ3) is 9.34. The number of hydrogen-bond acceptors (Lipinski definition) is 7. The lowest BCUT2D eigenvalue weighted by Crippen LogP contribution is -2.27. The van der Waals surface area contributed by atoms with Gasteiger partial charge in [0.1, 0.15) is 32.9 Å². The predicted octanol–water partition coefficient (Wildman–Crippen LogP) is 8.07. The maximum atomic E-state index is 13.7. The van der Waals surface area contributed by atoms with E-state index in [-0.39, 0.29) is 33.7 Å². The van der Waals surface area contributed by atoms with Crippen molar-refractivity contribution in [3.05, 3.63) is 90.6 Å². The molecule has 0 bridgehead atoms. The summed E-state index contributed by atoms with van der Waals surface area (Å²) in [6.45, 7) is 12.7. The number of amides is 2. The minimum atomic E-state index is -3.46. The van der Waals surface area contributed by atoms with Gasteiger partial charge in [0, 0.05) is 20.2 Å². The van der Waals surface area contributed by atoms with Crippen LogP contribution in [0.4, 0.5) is 20.6 Å². The summed E-state index contributed by atoms with van der Waals surface area (Å²) in [7, 11) is -4.73. The highest BCUT2D eigenvalue weighted by molar-refractivity contribution is 7.92. The topological polar surface area (TPSA) is 135 Å². The van der Waals surface area contributed by atoms with Gasteiger partial charge in [-0.1, -0.05) is 37.8 Å². The van der Waals surface area contributed by atoms with Gasteiger partial charge in [-0.15, -0.1) is 0 Å². The first-order valence-electron chi connectivity index (χ1n) is 14.7. The van der Waals surface area contributed by atoms with Gasteiger partial charge in [-0.3, -0.25) is 14.7 Å². The maximum absolute atomic E-state index is 13.7. The summed E-state index contributed by atoms with van der Waals surface area (Å²) >= 11 is 0. The van der Waals surface area contributed by atoms with Gasteiger partial charge in [-0.2, -0.15) is 0 Å². The molecule has 0 aliphatic heterocycles. The SMILES string of the molecule is CC(C)(C)OC(=O)Nc1ccc(-c2ccc(F)cc2)cc1NC(=O)c1ccc(S(=N)(=O)c2cncn2COCC[Si](C)(C)C)cc1. The van der Waals surface area contributed by atoms with E-state index < -0.39 is 35.4 Å². The van der Waals surface area contributed by atoms with E-state index in [0.29, 0.717) is 23.4 Å². The minimum Gasteiger partial charge on any atom is -0.444 e. The summed E-state index contributed by atoms with van der Waals surface area (Å²) in [5.41, 5.74) is 1.45. The van der Waals surface area contributed by atoms with Crippen LogP contribution in [0.2, 0.25) is 25.7 Å². The summed E-state index contributed by atoms with van der Waals surface area (Å²) in [4.78, 5) is 30.2. The van der Waals surface area contributed by atoms with Crippen molar-refractivity contribution in [2.24, 2.45) is 0 Å². The van der Waals surface area contributed by atoms with E-state index in [1.54, 1.807) is 55.7 Å². The van der Waals surface area contributed by atoms with E-state index >= 15 is 0 Å². The van der Waals surface area contributed by atoms with Gasteiger partial charge >= 0.3 is 6.09 Å². The molecule has 3 N–H and O–H groups in total. The van der Waals surface area contributed by atoms with Crippen molar-refractivity contribution in [3.8, 4) is 11.1 Å². The number of aromatic nitrogens is 2. The zero-order chi connectivity index (χ0) is 33.7. The molecule has 0 saturated heterocycles. The monoisotopic (exact) mass is 665 g/mol. The standard InChI is InChI=1S/C33H40FN5O5SSi/c1-33(2,3)44-32(41)38-28-16-11-25(23-7-12-26(34)13-8-23)19-29(28)37-31(40)24-9-14-27(15-10-24)45(35,42)30-20-36-21-39(30)22-43-17-18-46(4,5)6/h7-16,19-21,35H,17-18,22H2,1-6H3,(H,37,40)(H,38,41). The van der Waals surface area contributed by atoms with Crippen LogP contribution in [0, 0.1) is 10.6 Å². The number of imidazole rings is 1. The molecule has 0 radical (unpaired) electrons. The van der Waals surface area contributed by atoms with Crippen molar-refractivity contribution in [2.75, 3.05) is 17.2 Å². The van der Waals surface area contributed by atoms with Crippen molar-refractivity contribution in [1.29, 1.82) is 4.78 Å². The molecule has 4 aromatic rings. The number of benzene rings is 3. The Morgan fingerprint density at radius 2 is 1.61 bits per heavy atom. The molecular formula is C33H40FN5O5SSi. The van der Waals surface area contributed by atoms with Crippen LogP contribution < -0.4 is 10.6 Å². The molecule has 1 aromatic heterocycles. The predicted molar refractivity (Wildman–Crippen MR) is 180 cm³/mol. The Bertz CT molecular complexity index is 1800. The van der Waals surface area contributed by atoms with E-state index in [2.05, 4.69) is 35.3 Å². The summed E-state index contributed by atoms with van der Waals surface area (Å²) in [6.07, 6.45) is 2.18. The fourth-order valence-electron chi connectivity index (χ4n) is 4.29. The van der Waals surface area contributed by atoms with E-state index in [4.69, 9.17) is 14.3 Å². The summed E-state index contributed by atoms with van der Waals surface area (Å²) < 4.78 is 48.6. The largest absolute Gasteiger partial charge is 0.444 e. The zero-order valence-electron chi connectivity index (χ0n) is 26.8. The molecule has 0 spiro atoms. The van der Waals surface area contributed by atoms with Crippen LogP contribution in [0.25, 0.3) is 11.1 Å². The van der Waals surface area contributed by atoms with E-state index in [1.165, 1.54) is 48.9 Å². The van der Waals surface area contributed by atoms with Crippen LogP contribution in [0.5, 0.6) is 0 Å². The molecule has 10 nitrogen and oxygen atoms in total. The van der Waals surface area contributed by atoms with Crippen LogP contribution in [-0.4, -0.2) is 46.0 Å². The normalized spacial score (nSPS) is 13.1. The Morgan fingerprint density at radius 1 is 0.957 bits per heavy atom. The van der Waals surface area contributed by atoms with Crippen molar-refractivity contribution in [1.82, 2.24) is 9.55 Å². The highest BCUT2D eigenvalue weighted by Gasteiger charge is 2.21. The smallest absolute Gasteiger partial charge is 0.412 e. The van der Waals surface area contributed by atoms with Crippen LogP contribution in [0.1, 0.15) is 31.1 Å². The first-order chi connectivity index (χ1) is 21.5. The molecule has 1 unspecified atom stereocenters. The molecule has 4 rings (SSSR count). The summed E-state index contributed by atoms with van der Waals surface area (Å²) in [5, 5.41) is 5.70. The molecule has 1 atom stereocenters. The summed E-state index contributed by atoms with van der Waals surface area (Å²) in [5.74, 6) is -0.886. The first kappa shape index (κ1) is 34.5. The number of nitrogens with one attached hydrogen (secondary N) is 3. The van der Waals surface area contributed by atoms with Crippen LogP contribution in [-0.2, 0) is 25.9 Å². The molecular weight excluding hydrogens is 626 g/mol. The number of hydrogen-bond donors (Lipinski definition) is 3. The summed E-state index contributed by atoms with van der Waals surface area (Å²) in [6, 6.07) is 17.8. The van der Waals surface area contributed by atoms with Gasteiger partial charge in [-0.25, -0.2) is 23.2 Å². The van der Waals surface area contributed by atoms with E-state index in [9.17, 15) is 18.2 Å². The second kappa shape index (κ2) is 14.0. The quantitative estimate of drug-likeness (QED) is 0.110. The number of carbonyl (C=O) groups is 2. The molecule has 0 aliphatic carbocycles. The molecule has 2 amide bonds. The van der Waals surface area contributed by atoms with Crippen LogP contribution in [0.15, 0.2) is 89.2 Å². The van der Waals surface area contributed by atoms with Crippen molar-refractivity contribution < 1.29 is 27.7 Å². The highest BCUT2D eigenvalue weighted by Crippen LogP contribution is 2.31. The first-order valence-corrected chi connectivity index (χ1v) is 20.0. The van der Waals surface area contributed by atoms with E-state index in [0.717, 1.165) is 6.04 Å². The van der Waals surface area contributed by atoms with Gasteiger partial charge in [0.2, 0.25) is 0 Å². The van der Waals surface area contributed by atoms with Gasteiger partial charge in [0.25, 0.3) is 5.91 Å². The molecule has 244 valence electrons. The molecule has 46 heavy (non-hydrogen) atoms. The van der Waals surface area contributed by atoms with Crippen LogP contribution >= 0.6 is 0 Å². The maximum Gasteiger partial charge on any atom is 0.412 e. The average molecular weight is 666 g/mol. The number of halogens is 1. The number of nitrogens with zero attached hydrogens (tertiary/aromatic N) is 2.